The highest BCUT2D eigenvalue weighted by Gasteiger charge is 2.14. The summed E-state index contributed by atoms with van der Waals surface area (Å²) in [6.07, 6.45) is 8.87. The van der Waals surface area contributed by atoms with Gasteiger partial charge in [0.25, 0.3) is 0 Å². The first-order valence-corrected chi connectivity index (χ1v) is 8.10. The summed E-state index contributed by atoms with van der Waals surface area (Å²) < 4.78 is 7.23. The topological polar surface area (TPSA) is 77.2 Å². The Kier molecular flexibility index (Phi) is 3.18. The van der Waals surface area contributed by atoms with E-state index in [2.05, 4.69) is 20.3 Å². The number of nitrogens with one attached hydrogen (secondary N) is 1. The Morgan fingerprint density at radius 3 is 2.85 bits per heavy atom. The number of ether oxygens (including phenoxy) is 1. The molecule has 7 heteroatoms. The average molecular weight is 342 g/mol. The van der Waals surface area contributed by atoms with E-state index in [-0.39, 0.29) is 0 Å². The molecule has 1 N–H and O–H groups in total. The quantitative estimate of drug-likeness (QED) is 0.540. The van der Waals surface area contributed by atoms with Gasteiger partial charge >= 0.3 is 0 Å². The molecule has 0 saturated carbocycles. The molecular weight excluding hydrogens is 328 g/mol. The fraction of sp³-hybridized carbons (Fsp3) is 0.0526. The first kappa shape index (κ1) is 14.6. The molecule has 0 aliphatic rings. The van der Waals surface area contributed by atoms with Gasteiger partial charge < -0.3 is 10.1 Å². The Balaban J connectivity index is 1.78. The Morgan fingerprint density at radius 1 is 1.00 bits per heavy atom. The molecule has 1 aromatic carbocycles. The molecule has 0 unspecified atom stereocenters. The molecule has 4 aromatic heterocycles. The van der Waals surface area contributed by atoms with Gasteiger partial charge in [0.15, 0.2) is 11.3 Å². The van der Waals surface area contributed by atoms with Crippen LogP contribution in [-0.2, 0) is 0 Å². The predicted molar refractivity (Wildman–Crippen MR) is 99.9 cm³/mol. The van der Waals surface area contributed by atoms with Crippen molar-refractivity contribution in [2.45, 2.75) is 0 Å². The Morgan fingerprint density at radius 2 is 1.92 bits per heavy atom. The van der Waals surface area contributed by atoms with E-state index in [9.17, 15) is 0 Å². The van der Waals surface area contributed by atoms with Gasteiger partial charge in [-0.2, -0.15) is 0 Å². The number of pyridine rings is 2. The van der Waals surface area contributed by atoms with E-state index < -0.39 is 0 Å². The maximum atomic E-state index is 5.30. The molecule has 5 aromatic rings. The van der Waals surface area contributed by atoms with Crippen LogP contribution in [0.25, 0.3) is 27.6 Å². The third-order valence-electron chi connectivity index (χ3n) is 4.29. The molecule has 5 rings (SSSR count). The van der Waals surface area contributed by atoms with Crippen LogP contribution in [0.3, 0.4) is 0 Å². The van der Waals surface area contributed by atoms with Crippen molar-refractivity contribution in [1.29, 1.82) is 0 Å². The summed E-state index contributed by atoms with van der Waals surface area (Å²) in [4.78, 5) is 17.9. The number of benzene rings is 1. The summed E-state index contributed by atoms with van der Waals surface area (Å²) in [5.41, 5.74) is 3.24. The number of fused-ring (bicyclic) bond motifs is 5. The lowest BCUT2D eigenvalue weighted by Crippen LogP contribution is -1.98. The van der Waals surface area contributed by atoms with Gasteiger partial charge in [-0.05, 0) is 18.2 Å². The molecule has 0 saturated heterocycles. The van der Waals surface area contributed by atoms with Crippen molar-refractivity contribution in [3.63, 3.8) is 0 Å². The second-order valence-corrected chi connectivity index (χ2v) is 5.83. The predicted octanol–water partition coefficient (Wildman–Crippen LogP) is 3.58. The van der Waals surface area contributed by atoms with Crippen molar-refractivity contribution < 1.29 is 4.74 Å². The maximum absolute atomic E-state index is 5.30. The number of rotatable bonds is 3. The van der Waals surface area contributed by atoms with Crippen molar-refractivity contribution in [1.82, 2.24) is 24.3 Å². The fourth-order valence-corrected chi connectivity index (χ4v) is 3.07. The van der Waals surface area contributed by atoms with Crippen molar-refractivity contribution in [2.24, 2.45) is 0 Å². The fourth-order valence-electron chi connectivity index (χ4n) is 3.07. The zero-order chi connectivity index (χ0) is 17.5. The highest BCUT2D eigenvalue weighted by atomic mass is 16.5. The Bertz CT molecular complexity index is 1260. The van der Waals surface area contributed by atoms with Gasteiger partial charge in [-0.25, -0.2) is 9.97 Å². The van der Waals surface area contributed by atoms with Gasteiger partial charge in [0.05, 0.1) is 13.3 Å². The highest BCUT2D eigenvalue weighted by molar-refractivity contribution is 6.08. The zero-order valence-corrected chi connectivity index (χ0v) is 13.9. The van der Waals surface area contributed by atoms with Crippen LogP contribution in [0.1, 0.15) is 0 Å². The molecule has 4 heterocycles. The van der Waals surface area contributed by atoms with Crippen LogP contribution in [0.15, 0.2) is 61.3 Å². The minimum absolute atomic E-state index is 0.715. The summed E-state index contributed by atoms with van der Waals surface area (Å²) in [5.74, 6) is 1.49. The van der Waals surface area contributed by atoms with Crippen LogP contribution in [0.4, 0.5) is 11.5 Å². The lowest BCUT2D eigenvalue weighted by Gasteiger charge is -2.10. The first-order chi connectivity index (χ1) is 12.8. The Labute approximate surface area is 148 Å². The lowest BCUT2D eigenvalue weighted by atomic mass is 10.2. The standard InChI is InChI=1S/C19H14N6O/c1-26-13-4-2-3-12(9-13)22-18-15-10-20-6-5-14(15)17-19(24-18)25-8-7-21-11-16(25)23-17/h2-11H,1H3,(H,22,24). The van der Waals surface area contributed by atoms with Crippen LogP contribution in [-0.4, -0.2) is 31.4 Å². The summed E-state index contributed by atoms with van der Waals surface area (Å²) >= 11 is 0. The molecule has 0 spiro atoms. The van der Waals surface area contributed by atoms with Gasteiger partial charge in [-0.1, -0.05) is 6.07 Å². The third-order valence-corrected chi connectivity index (χ3v) is 4.29. The Hall–Kier alpha value is -3.74. The number of aromatic nitrogens is 5. The molecule has 0 radical (unpaired) electrons. The molecule has 0 aliphatic carbocycles. The molecule has 0 bridgehead atoms. The number of hydrogen-bond acceptors (Lipinski definition) is 6. The van der Waals surface area contributed by atoms with E-state index in [0.29, 0.717) is 5.82 Å². The van der Waals surface area contributed by atoms with Gasteiger partial charge in [0.2, 0.25) is 0 Å². The summed E-state index contributed by atoms with van der Waals surface area (Å²) in [6, 6.07) is 9.68. The van der Waals surface area contributed by atoms with Crippen LogP contribution in [0.2, 0.25) is 0 Å². The third kappa shape index (κ3) is 2.21. The van der Waals surface area contributed by atoms with Gasteiger partial charge in [0.1, 0.15) is 17.1 Å². The van der Waals surface area contributed by atoms with Crippen molar-refractivity contribution in [2.75, 3.05) is 12.4 Å². The second kappa shape index (κ2) is 5.66. The molecule has 0 aliphatic heterocycles. The SMILES string of the molecule is COc1cccc(Nc2nc3c(nc4cnccn43)c3ccncc23)c1. The number of anilines is 2. The van der Waals surface area contributed by atoms with Gasteiger partial charge in [-0.3, -0.25) is 14.4 Å². The van der Waals surface area contributed by atoms with Crippen LogP contribution in [0, 0.1) is 0 Å². The number of hydrogen-bond donors (Lipinski definition) is 1. The number of methoxy groups -OCH3 is 1. The van der Waals surface area contributed by atoms with Gasteiger partial charge in [-0.15, -0.1) is 0 Å². The normalized spacial score (nSPS) is 11.3. The maximum Gasteiger partial charge on any atom is 0.167 e. The van der Waals surface area contributed by atoms with Gasteiger partial charge in [0, 0.05) is 47.3 Å². The van der Waals surface area contributed by atoms with Crippen LogP contribution < -0.4 is 10.1 Å². The lowest BCUT2D eigenvalue weighted by molar-refractivity contribution is 0.415. The van der Waals surface area contributed by atoms with E-state index in [1.807, 2.05) is 40.9 Å². The van der Waals surface area contributed by atoms with Crippen LogP contribution >= 0.6 is 0 Å². The summed E-state index contributed by atoms with van der Waals surface area (Å²) in [6.45, 7) is 0. The van der Waals surface area contributed by atoms with Crippen molar-refractivity contribution in [3.05, 3.63) is 61.3 Å². The summed E-state index contributed by atoms with van der Waals surface area (Å²) in [5, 5.41) is 5.27. The summed E-state index contributed by atoms with van der Waals surface area (Å²) in [7, 11) is 1.65. The first-order valence-electron chi connectivity index (χ1n) is 8.10. The van der Waals surface area contributed by atoms with Crippen molar-refractivity contribution in [3.8, 4) is 5.75 Å². The molecule has 0 fully saturated rings. The van der Waals surface area contributed by atoms with E-state index in [4.69, 9.17) is 9.72 Å². The molecule has 7 nitrogen and oxygen atoms in total. The molecule has 0 amide bonds. The average Bonchev–Trinajstić information content (AvgIpc) is 3.07. The molecule has 126 valence electrons. The van der Waals surface area contributed by atoms with Crippen LogP contribution in [0.5, 0.6) is 5.75 Å². The number of imidazole rings is 1. The van der Waals surface area contributed by atoms with E-state index in [0.717, 1.165) is 39.0 Å². The minimum Gasteiger partial charge on any atom is -0.497 e. The molecular formula is C19H14N6O. The largest absolute Gasteiger partial charge is 0.497 e. The van der Waals surface area contributed by atoms with E-state index in [1.165, 1.54) is 0 Å². The smallest absolute Gasteiger partial charge is 0.167 e. The second-order valence-electron chi connectivity index (χ2n) is 5.83. The highest BCUT2D eigenvalue weighted by Crippen LogP contribution is 2.31. The molecule has 26 heavy (non-hydrogen) atoms. The zero-order valence-electron chi connectivity index (χ0n) is 13.9. The van der Waals surface area contributed by atoms with Crippen molar-refractivity contribution >= 4 is 39.1 Å². The monoisotopic (exact) mass is 342 g/mol. The number of nitrogens with zero attached hydrogens (tertiary/aromatic N) is 5. The minimum atomic E-state index is 0.715. The molecule has 0 atom stereocenters. The van der Waals surface area contributed by atoms with E-state index >= 15 is 0 Å². The van der Waals surface area contributed by atoms with E-state index in [1.54, 1.807) is 31.9 Å².